The highest BCUT2D eigenvalue weighted by Gasteiger charge is 2.13. The summed E-state index contributed by atoms with van der Waals surface area (Å²) in [6, 6.07) is 8.37. The zero-order chi connectivity index (χ0) is 10.7. The molecule has 0 aliphatic rings. The Bertz CT molecular complexity index is 441. The maximum atomic E-state index is 5.52. The first-order chi connectivity index (χ1) is 7.36. The molecule has 80 valence electrons. The van der Waals surface area contributed by atoms with Crippen LogP contribution in [0.2, 0.25) is 0 Å². The van der Waals surface area contributed by atoms with Crippen LogP contribution in [-0.2, 0) is 4.74 Å². The second-order valence-corrected chi connectivity index (χ2v) is 4.27. The average molecular weight is 222 g/mol. The van der Waals surface area contributed by atoms with Gasteiger partial charge in [-0.1, -0.05) is 18.2 Å². The minimum atomic E-state index is 0.0612. The van der Waals surface area contributed by atoms with Crippen LogP contribution < -0.4 is 11.3 Å². The van der Waals surface area contributed by atoms with Gasteiger partial charge in [0.2, 0.25) is 0 Å². The number of methoxy groups -OCH3 is 1. The monoisotopic (exact) mass is 222 g/mol. The maximum absolute atomic E-state index is 5.52. The molecule has 0 saturated heterocycles. The molecule has 1 unspecified atom stereocenters. The molecule has 1 aromatic heterocycles. The molecule has 15 heavy (non-hydrogen) atoms. The van der Waals surface area contributed by atoms with Gasteiger partial charge in [-0.05, 0) is 22.4 Å². The van der Waals surface area contributed by atoms with Crippen LogP contribution in [0.3, 0.4) is 0 Å². The Labute approximate surface area is 92.8 Å². The lowest BCUT2D eigenvalue weighted by Gasteiger charge is -2.13. The van der Waals surface area contributed by atoms with Gasteiger partial charge >= 0.3 is 0 Å². The normalized spacial score (nSPS) is 13.2. The van der Waals surface area contributed by atoms with E-state index in [4.69, 9.17) is 10.6 Å². The van der Waals surface area contributed by atoms with Gasteiger partial charge in [0.05, 0.1) is 12.6 Å². The molecule has 0 spiro atoms. The maximum Gasteiger partial charge on any atom is 0.0707 e. The first kappa shape index (κ1) is 10.6. The summed E-state index contributed by atoms with van der Waals surface area (Å²) in [5.41, 5.74) is 3.99. The highest BCUT2D eigenvalue weighted by Crippen LogP contribution is 2.29. The van der Waals surface area contributed by atoms with Crippen molar-refractivity contribution in [2.24, 2.45) is 5.84 Å². The molecule has 0 aliphatic heterocycles. The van der Waals surface area contributed by atoms with E-state index < -0.39 is 0 Å². The molecule has 3 N–H and O–H groups in total. The fraction of sp³-hybridized carbons (Fsp3) is 0.273. The Morgan fingerprint density at radius 1 is 1.47 bits per heavy atom. The Morgan fingerprint density at radius 2 is 2.27 bits per heavy atom. The van der Waals surface area contributed by atoms with Crippen LogP contribution >= 0.6 is 11.3 Å². The molecule has 1 heterocycles. The molecule has 2 rings (SSSR count). The van der Waals surface area contributed by atoms with Crippen LogP contribution in [-0.4, -0.2) is 13.7 Å². The van der Waals surface area contributed by atoms with Crippen LogP contribution in [0.25, 0.3) is 10.1 Å². The van der Waals surface area contributed by atoms with E-state index in [0.717, 1.165) is 0 Å². The van der Waals surface area contributed by atoms with E-state index in [1.54, 1.807) is 18.4 Å². The second-order valence-electron chi connectivity index (χ2n) is 3.36. The fourth-order valence-corrected chi connectivity index (χ4v) is 2.68. The third-order valence-corrected chi connectivity index (χ3v) is 3.40. The molecule has 2 aromatic rings. The van der Waals surface area contributed by atoms with Crippen LogP contribution in [0.15, 0.2) is 29.6 Å². The number of nitrogens with one attached hydrogen (secondary N) is 1. The van der Waals surface area contributed by atoms with Crippen LogP contribution in [0, 0.1) is 0 Å². The number of ether oxygens (including phenoxy) is 1. The minimum Gasteiger partial charge on any atom is -0.383 e. The van der Waals surface area contributed by atoms with E-state index in [0.29, 0.717) is 6.61 Å². The lowest BCUT2D eigenvalue weighted by Crippen LogP contribution is -2.30. The molecule has 0 fully saturated rings. The first-order valence-electron chi connectivity index (χ1n) is 4.78. The summed E-state index contributed by atoms with van der Waals surface area (Å²) >= 11 is 1.73. The summed E-state index contributed by atoms with van der Waals surface area (Å²) < 4.78 is 6.41. The van der Waals surface area contributed by atoms with Crippen molar-refractivity contribution in [2.45, 2.75) is 6.04 Å². The van der Waals surface area contributed by atoms with Gasteiger partial charge in [0.25, 0.3) is 0 Å². The van der Waals surface area contributed by atoms with Gasteiger partial charge in [0.1, 0.15) is 0 Å². The van der Waals surface area contributed by atoms with Crippen LogP contribution in [0.5, 0.6) is 0 Å². The second kappa shape index (κ2) is 4.72. The molecule has 4 heteroatoms. The number of hydrazine groups is 1. The summed E-state index contributed by atoms with van der Waals surface area (Å²) in [6.45, 7) is 0.581. The van der Waals surface area contributed by atoms with Gasteiger partial charge in [-0.3, -0.25) is 11.3 Å². The summed E-state index contributed by atoms with van der Waals surface area (Å²) in [4.78, 5) is 0. The molecule has 1 atom stereocenters. The molecule has 1 aromatic carbocycles. The van der Waals surface area contributed by atoms with E-state index in [2.05, 4.69) is 22.9 Å². The van der Waals surface area contributed by atoms with Crippen molar-refractivity contribution < 1.29 is 4.74 Å². The molecular formula is C11H14N2OS. The predicted octanol–water partition coefficient (Wildman–Crippen LogP) is 2.05. The fourth-order valence-electron chi connectivity index (χ4n) is 1.66. The topological polar surface area (TPSA) is 47.3 Å². The quantitative estimate of drug-likeness (QED) is 0.615. The Balaban J connectivity index is 2.41. The van der Waals surface area contributed by atoms with Crippen molar-refractivity contribution in [3.05, 3.63) is 35.2 Å². The number of hydrogen-bond donors (Lipinski definition) is 2. The Morgan fingerprint density at radius 3 is 3.00 bits per heavy atom. The molecule has 3 nitrogen and oxygen atoms in total. The third-order valence-electron chi connectivity index (χ3n) is 2.42. The number of hydrogen-bond acceptors (Lipinski definition) is 4. The van der Waals surface area contributed by atoms with Gasteiger partial charge in [-0.25, -0.2) is 0 Å². The van der Waals surface area contributed by atoms with Crippen molar-refractivity contribution >= 4 is 21.4 Å². The standard InChI is InChI=1S/C11H14N2OS/c1-14-6-10(13-12)9-7-15-11-5-3-2-4-8(9)11/h2-5,7,10,13H,6,12H2,1H3. The summed E-state index contributed by atoms with van der Waals surface area (Å²) in [6.07, 6.45) is 0. The molecular weight excluding hydrogens is 208 g/mol. The van der Waals surface area contributed by atoms with Crippen molar-refractivity contribution in [3.8, 4) is 0 Å². The van der Waals surface area contributed by atoms with Gasteiger partial charge in [0.15, 0.2) is 0 Å². The highest BCUT2D eigenvalue weighted by atomic mass is 32.1. The molecule has 0 saturated carbocycles. The Kier molecular flexibility index (Phi) is 3.33. The molecule has 0 radical (unpaired) electrons. The van der Waals surface area contributed by atoms with E-state index in [1.165, 1.54) is 15.6 Å². The summed E-state index contributed by atoms with van der Waals surface area (Å²) in [5, 5.41) is 3.39. The Hall–Kier alpha value is -0.940. The lowest BCUT2D eigenvalue weighted by atomic mass is 10.1. The first-order valence-corrected chi connectivity index (χ1v) is 5.66. The van der Waals surface area contributed by atoms with Crippen molar-refractivity contribution in [3.63, 3.8) is 0 Å². The number of rotatable bonds is 4. The zero-order valence-electron chi connectivity index (χ0n) is 8.57. The van der Waals surface area contributed by atoms with E-state index in [1.807, 2.05) is 12.1 Å². The average Bonchev–Trinajstić information content (AvgIpc) is 2.70. The van der Waals surface area contributed by atoms with Gasteiger partial charge in [-0.15, -0.1) is 11.3 Å². The number of benzene rings is 1. The molecule has 0 aliphatic carbocycles. The molecule has 0 amide bonds. The number of thiophene rings is 1. The highest BCUT2D eigenvalue weighted by molar-refractivity contribution is 7.17. The SMILES string of the molecule is COCC(NN)c1csc2ccccc12. The van der Waals surface area contributed by atoms with E-state index in [-0.39, 0.29) is 6.04 Å². The predicted molar refractivity (Wildman–Crippen MR) is 63.8 cm³/mol. The van der Waals surface area contributed by atoms with Crippen molar-refractivity contribution in [2.75, 3.05) is 13.7 Å². The van der Waals surface area contributed by atoms with Gasteiger partial charge in [0, 0.05) is 11.8 Å². The largest absolute Gasteiger partial charge is 0.383 e. The zero-order valence-corrected chi connectivity index (χ0v) is 9.38. The van der Waals surface area contributed by atoms with Crippen LogP contribution in [0.1, 0.15) is 11.6 Å². The van der Waals surface area contributed by atoms with Gasteiger partial charge in [-0.2, -0.15) is 0 Å². The van der Waals surface area contributed by atoms with Gasteiger partial charge < -0.3 is 4.74 Å². The van der Waals surface area contributed by atoms with E-state index in [9.17, 15) is 0 Å². The van der Waals surface area contributed by atoms with Crippen LogP contribution in [0.4, 0.5) is 0 Å². The molecule has 0 bridgehead atoms. The van der Waals surface area contributed by atoms with Crippen molar-refractivity contribution in [1.82, 2.24) is 5.43 Å². The lowest BCUT2D eigenvalue weighted by molar-refractivity contribution is 0.168. The summed E-state index contributed by atoms with van der Waals surface area (Å²) in [7, 11) is 1.68. The number of fused-ring (bicyclic) bond motifs is 1. The smallest absolute Gasteiger partial charge is 0.0707 e. The number of nitrogens with two attached hydrogens (primary N) is 1. The van der Waals surface area contributed by atoms with E-state index >= 15 is 0 Å². The minimum absolute atomic E-state index is 0.0612. The third kappa shape index (κ3) is 2.03. The van der Waals surface area contributed by atoms with Crippen molar-refractivity contribution in [1.29, 1.82) is 0 Å². The summed E-state index contributed by atoms with van der Waals surface area (Å²) in [5.74, 6) is 5.52.